The summed E-state index contributed by atoms with van der Waals surface area (Å²) in [5.41, 5.74) is 0. The van der Waals surface area contributed by atoms with Crippen molar-refractivity contribution in [2.24, 2.45) is 0 Å². The van der Waals surface area contributed by atoms with Crippen molar-refractivity contribution in [3.63, 3.8) is 0 Å². The predicted molar refractivity (Wildman–Crippen MR) is 59.8 cm³/mol. The second kappa shape index (κ2) is 9.60. The van der Waals surface area contributed by atoms with Crippen LogP contribution in [0.25, 0.3) is 0 Å². The lowest BCUT2D eigenvalue weighted by atomic mass is 10.1. The molecule has 1 unspecified atom stereocenters. The van der Waals surface area contributed by atoms with Gasteiger partial charge >= 0.3 is 5.97 Å². The number of unbranched alkanes of at least 4 members (excludes halogenated alkanes) is 1. The molecule has 0 saturated carbocycles. The molecule has 0 saturated heterocycles. The van der Waals surface area contributed by atoms with E-state index in [9.17, 15) is 4.79 Å². The summed E-state index contributed by atoms with van der Waals surface area (Å²) in [7, 11) is 0. The van der Waals surface area contributed by atoms with Gasteiger partial charge in [-0.05, 0) is 19.3 Å². The van der Waals surface area contributed by atoms with Crippen LogP contribution in [0.5, 0.6) is 0 Å². The first-order chi connectivity index (χ1) is 6.70. The molecular weight excluding hydrogens is 223 g/mol. The van der Waals surface area contributed by atoms with E-state index in [1.54, 1.807) is 0 Å². The zero-order chi connectivity index (χ0) is 10.8. The van der Waals surface area contributed by atoms with Crippen molar-refractivity contribution in [1.82, 2.24) is 0 Å². The fourth-order valence-corrected chi connectivity index (χ4v) is 1.72. The van der Waals surface area contributed by atoms with E-state index in [1.807, 2.05) is 0 Å². The third-order valence-corrected chi connectivity index (χ3v) is 2.51. The minimum absolute atomic E-state index is 0.0488. The molecule has 0 heterocycles. The zero-order valence-corrected chi connectivity index (χ0v) is 10.1. The molecule has 0 N–H and O–H groups in total. The highest BCUT2D eigenvalue weighted by atomic mass is 35.5. The molecule has 14 heavy (non-hydrogen) atoms. The first kappa shape index (κ1) is 14.1. The van der Waals surface area contributed by atoms with Crippen LogP contribution in [-0.2, 0) is 9.53 Å². The second-order valence-electron chi connectivity index (χ2n) is 3.26. The predicted octanol–water partition coefficient (Wildman–Crippen LogP) is 3.69. The number of hydrogen-bond acceptors (Lipinski definition) is 2. The molecule has 0 rings (SSSR count). The molecule has 0 aromatic rings. The van der Waals surface area contributed by atoms with Gasteiger partial charge in [0, 0.05) is 11.8 Å². The van der Waals surface area contributed by atoms with Gasteiger partial charge < -0.3 is 4.74 Å². The van der Waals surface area contributed by atoms with Crippen molar-refractivity contribution in [3.05, 3.63) is 0 Å². The fourth-order valence-electron chi connectivity index (χ4n) is 1.23. The van der Waals surface area contributed by atoms with Gasteiger partial charge in [-0.2, -0.15) is 0 Å². The van der Waals surface area contributed by atoms with E-state index in [-0.39, 0.29) is 17.4 Å². The number of halogens is 2. The normalized spacial score (nSPS) is 12.5. The molecule has 0 radical (unpaired) electrons. The Morgan fingerprint density at radius 2 is 2.07 bits per heavy atom. The van der Waals surface area contributed by atoms with E-state index in [0.717, 1.165) is 32.1 Å². The number of carbonyl (C=O) groups excluding carboxylic acids is 1. The number of esters is 1. The smallest absolute Gasteiger partial charge is 0.306 e. The van der Waals surface area contributed by atoms with E-state index in [1.165, 1.54) is 0 Å². The number of carbonyl (C=O) groups is 1. The Morgan fingerprint density at radius 1 is 1.36 bits per heavy atom. The van der Waals surface area contributed by atoms with Gasteiger partial charge in [-0.15, -0.1) is 11.6 Å². The minimum Gasteiger partial charge on any atom is -0.449 e. The van der Waals surface area contributed by atoms with Gasteiger partial charge in [0.15, 0.2) is 6.07 Å². The molecule has 4 heteroatoms. The quantitative estimate of drug-likeness (QED) is 0.368. The van der Waals surface area contributed by atoms with Crippen molar-refractivity contribution >= 4 is 29.2 Å². The van der Waals surface area contributed by atoms with E-state index >= 15 is 0 Å². The monoisotopic (exact) mass is 240 g/mol. The third kappa shape index (κ3) is 8.64. The molecule has 0 aromatic carbocycles. The number of ether oxygens (including phenoxy) is 1. The van der Waals surface area contributed by atoms with Crippen LogP contribution >= 0.6 is 23.2 Å². The van der Waals surface area contributed by atoms with Gasteiger partial charge in [-0.1, -0.05) is 31.4 Å². The minimum atomic E-state index is -0.221. The lowest BCUT2D eigenvalue weighted by Gasteiger charge is -2.06. The Hall–Kier alpha value is 0.0500. The Bertz CT molecular complexity index is 151. The summed E-state index contributed by atoms with van der Waals surface area (Å²) in [6.45, 7) is 2.12. The van der Waals surface area contributed by atoms with Gasteiger partial charge in [-0.3, -0.25) is 4.79 Å². The molecule has 84 valence electrons. The highest BCUT2D eigenvalue weighted by molar-refractivity contribution is 6.20. The first-order valence-electron chi connectivity index (χ1n) is 5.06. The maximum Gasteiger partial charge on any atom is 0.306 e. The molecule has 2 nitrogen and oxygen atoms in total. The highest BCUT2D eigenvalue weighted by Crippen LogP contribution is 2.14. The standard InChI is InChI=1S/C10H18Cl2O2/c1-2-5-9(12)6-3-4-7-10(13)14-8-11/h9H,2-8H2,1H3. The molecule has 1 atom stereocenters. The second-order valence-corrected chi connectivity index (χ2v) is 4.09. The van der Waals surface area contributed by atoms with Crippen LogP contribution in [-0.4, -0.2) is 17.4 Å². The van der Waals surface area contributed by atoms with Crippen molar-refractivity contribution in [3.8, 4) is 0 Å². The summed E-state index contributed by atoms with van der Waals surface area (Å²) in [5, 5.41) is 0.254. The summed E-state index contributed by atoms with van der Waals surface area (Å²) >= 11 is 11.3. The Morgan fingerprint density at radius 3 is 2.64 bits per heavy atom. The highest BCUT2D eigenvalue weighted by Gasteiger charge is 2.05. The van der Waals surface area contributed by atoms with E-state index < -0.39 is 0 Å². The van der Waals surface area contributed by atoms with Gasteiger partial charge in [0.2, 0.25) is 0 Å². The van der Waals surface area contributed by atoms with Crippen molar-refractivity contribution in [2.45, 2.75) is 50.8 Å². The molecule has 0 aliphatic heterocycles. The Labute approximate surface area is 95.9 Å². The van der Waals surface area contributed by atoms with E-state index in [2.05, 4.69) is 11.7 Å². The van der Waals surface area contributed by atoms with Gasteiger partial charge in [0.25, 0.3) is 0 Å². The van der Waals surface area contributed by atoms with Gasteiger partial charge in [0.1, 0.15) is 0 Å². The summed E-state index contributed by atoms with van der Waals surface area (Å²) in [6, 6.07) is -0.0488. The number of rotatable bonds is 8. The van der Waals surface area contributed by atoms with Crippen molar-refractivity contribution in [2.75, 3.05) is 6.07 Å². The Balaban J connectivity index is 3.24. The molecule has 0 aromatic heterocycles. The van der Waals surface area contributed by atoms with Gasteiger partial charge in [0.05, 0.1) is 0 Å². The summed E-state index contributed by atoms with van der Waals surface area (Å²) in [4.78, 5) is 10.9. The molecule has 0 fully saturated rings. The molecule has 0 aliphatic rings. The lowest BCUT2D eigenvalue weighted by Crippen LogP contribution is -2.03. The Kier molecular flexibility index (Phi) is 9.63. The zero-order valence-electron chi connectivity index (χ0n) is 8.60. The largest absolute Gasteiger partial charge is 0.449 e. The van der Waals surface area contributed by atoms with Crippen molar-refractivity contribution in [1.29, 1.82) is 0 Å². The topological polar surface area (TPSA) is 26.3 Å². The molecule has 0 amide bonds. The fraction of sp³-hybridized carbons (Fsp3) is 0.900. The maximum atomic E-state index is 10.9. The summed E-state index contributed by atoms with van der Waals surface area (Å²) < 4.78 is 4.59. The third-order valence-electron chi connectivity index (χ3n) is 1.97. The first-order valence-corrected chi connectivity index (χ1v) is 6.03. The van der Waals surface area contributed by atoms with Crippen molar-refractivity contribution < 1.29 is 9.53 Å². The van der Waals surface area contributed by atoms with Crippen LogP contribution in [0.1, 0.15) is 45.4 Å². The van der Waals surface area contributed by atoms with Crippen LogP contribution in [0.15, 0.2) is 0 Å². The van der Waals surface area contributed by atoms with Crippen LogP contribution in [0.4, 0.5) is 0 Å². The molecule has 0 aliphatic carbocycles. The van der Waals surface area contributed by atoms with Crippen LogP contribution in [0.3, 0.4) is 0 Å². The van der Waals surface area contributed by atoms with E-state index in [4.69, 9.17) is 23.2 Å². The SMILES string of the molecule is CCCC(Cl)CCCCC(=O)OCCl. The van der Waals surface area contributed by atoms with Crippen LogP contribution in [0.2, 0.25) is 0 Å². The van der Waals surface area contributed by atoms with Crippen LogP contribution in [0, 0.1) is 0 Å². The molecule has 0 spiro atoms. The average Bonchev–Trinajstić information content (AvgIpc) is 2.13. The molecular formula is C10H18Cl2O2. The lowest BCUT2D eigenvalue weighted by molar-refractivity contribution is -0.141. The summed E-state index contributed by atoms with van der Waals surface area (Å²) in [6.07, 6.45) is 5.40. The van der Waals surface area contributed by atoms with Gasteiger partial charge in [-0.25, -0.2) is 0 Å². The number of alkyl halides is 2. The molecule has 0 bridgehead atoms. The average molecular weight is 241 g/mol. The summed E-state index contributed by atoms with van der Waals surface area (Å²) in [5.74, 6) is -0.221. The number of hydrogen-bond donors (Lipinski definition) is 0. The maximum absolute atomic E-state index is 10.9. The van der Waals surface area contributed by atoms with Crippen LogP contribution < -0.4 is 0 Å². The van der Waals surface area contributed by atoms with E-state index in [0.29, 0.717) is 6.42 Å².